The Labute approximate surface area is 177 Å². The summed E-state index contributed by atoms with van der Waals surface area (Å²) in [4.78, 5) is 5.34. The molecule has 2 fully saturated rings. The summed E-state index contributed by atoms with van der Waals surface area (Å²) >= 11 is 0. The molecular weight excluding hydrogens is 368 g/mol. The third kappa shape index (κ3) is 3.42. The van der Waals surface area contributed by atoms with Crippen LogP contribution in [0.4, 0.5) is 0 Å². The molecule has 2 atom stereocenters. The van der Waals surface area contributed by atoms with E-state index in [1.54, 1.807) is 0 Å². The maximum absolute atomic E-state index is 6.27. The van der Waals surface area contributed by atoms with Crippen LogP contribution in [0, 0.1) is 11.8 Å². The normalized spacial score (nSPS) is 22.7. The van der Waals surface area contributed by atoms with Gasteiger partial charge < -0.3 is 4.42 Å². The van der Waals surface area contributed by atoms with Crippen LogP contribution < -0.4 is 0 Å². The van der Waals surface area contributed by atoms with Gasteiger partial charge in [-0.3, -0.25) is 9.80 Å². The van der Waals surface area contributed by atoms with Crippen molar-refractivity contribution < 1.29 is 4.42 Å². The van der Waals surface area contributed by atoms with Gasteiger partial charge in [0.25, 0.3) is 0 Å². The smallest absolute Gasteiger partial charge is 0.139 e. The first kappa shape index (κ1) is 18.2. The Morgan fingerprint density at radius 2 is 1.33 bits per heavy atom. The number of hydrogen-bond acceptors (Lipinski definition) is 3. The van der Waals surface area contributed by atoms with Crippen molar-refractivity contribution >= 4 is 21.9 Å². The molecule has 1 aromatic heterocycles. The first-order valence-corrected chi connectivity index (χ1v) is 11.2. The summed E-state index contributed by atoms with van der Waals surface area (Å²) in [5.74, 6) is 1.55. The highest BCUT2D eigenvalue weighted by Crippen LogP contribution is 2.34. The van der Waals surface area contributed by atoms with Crippen LogP contribution in [0.2, 0.25) is 0 Å². The average molecular weight is 397 g/mol. The SMILES string of the molecule is c1ccc(CN2CC3CC(C2)CN(Cc2cccc4c2oc2ccccc24)C3)cc1. The molecule has 3 nitrogen and oxygen atoms in total. The number of likely N-dealkylation sites (tertiary alicyclic amines) is 2. The molecule has 0 spiro atoms. The Morgan fingerprint density at radius 3 is 2.13 bits per heavy atom. The van der Waals surface area contributed by atoms with Crippen molar-refractivity contribution in [3.8, 4) is 0 Å². The highest BCUT2D eigenvalue weighted by molar-refractivity contribution is 6.05. The number of furan rings is 1. The number of rotatable bonds is 4. The molecule has 4 aromatic rings. The van der Waals surface area contributed by atoms with Crippen LogP contribution in [0.5, 0.6) is 0 Å². The lowest BCUT2D eigenvalue weighted by Crippen LogP contribution is -2.52. The minimum absolute atomic E-state index is 0.774. The highest BCUT2D eigenvalue weighted by Gasteiger charge is 2.34. The monoisotopic (exact) mass is 396 g/mol. The molecule has 2 bridgehead atoms. The maximum atomic E-state index is 6.27. The lowest BCUT2D eigenvalue weighted by Gasteiger charge is -2.46. The molecule has 2 aliphatic rings. The van der Waals surface area contributed by atoms with Crippen LogP contribution in [-0.4, -0.2) is 36.0 Å². The van der Waals surface area contributed by atoms with Gasteiger partial charge >= 0.3 is 0 Å². The van der Waals surface area contributed by atoms with Crippen molar-refractivity contribution in [1.82, 2.24) is 9.80 Å². The number of para-hydroxylation sites is 2. The van der Waals surface area contributed by atoms with Crippen molar-refractivity contribution in [2.75, 3.05) is 26.2 Å². The molecule has 2 aliphatic heterocycles. The van der Waals surface area contributed by atoms with Crippen molar-refractivity contribution in [1.29, 1.82) is 0 Å². The van der Waals surface area contributed by atoms with E-state index in [9.17, 15) is 0 Å². The molecule has 0 saturated carbocycles. The van der Waals surface area contributed by atoms with Gasteiger partial charge in [-0.25, -0.2) is 0 Å². The number of fused-ring (bicyclic) bond motifs is 5. The zero-order valence-electron chi connectivity index (χ0n) is 17.3. The maximum Gasteiger partial charge on any atom is 0.139 e. The molecule has 3 aromatic carbocycles. The quantitative estimate of drug-likeness (QED) is 0.452. The van der Waals surface area contributed by atoms with Gasteiger partial charge in [0, 0.05) is 55.6 Å². The lowest BCUT2D eigenvalue weighted by molar-refractivity contribution is 0.0242. The fraction of sp³-hybridized carbons (Fsp3) is 0.333. The van der Waals surface area contributed by atoms with Gasteiger partial charge in [-0.05, 0) is 29.9 Å². The predicted molar refractivity (Wildman–Crippen MR) is 122 cm³/mol. The summed E-state index contributed by atoms with van der Waals surface area (Å²) in [5.41, 5.74) is 4.82. The van der Waals surface area contributed by atoms with E-state index in [1.165, 1.54) is 54.5 Å². The standard InChI is InChI=1S/C27H28N2O/c1-2-7-20(8-3-1)14-28-15-21-13-22(16-28)18-29(17-21)19-23-9-6-11-25-24-10-4-5-12-26(24)30-27(23)25/h1-12,21-22H,13-19H2. The van der Waals surface area contributed by atoms with Crippen LogP contribution in [0.3, 0.4) is 0 Å². The number of hydrogen-bond donors (Lipinski definition) is 0. The van der Waals surface area contributed by atoms with Gasteiger partial charge in [0.05, 0.1) is 0 Å². The molecule has 152 valence electrons. The molecule has 6 rings (SSSR count). The Balaban J connectivity index is 1.18. The number of benzene rings is 3. The number of nitrogens with zero attached hydrogens (tertiary/aromatic N) is 2. The van der Waals surface area contributed by atoms with E-state index < -0.39 is 0 Å². The second kappa shape index (κ2) is 7.57. The summed E-state index contributed by atoms with van der Waals surface area (Å²) in [6, 6.07) is 25.9. The Morgan fingerprint density at radius 1 is 0.667 bits per heavy atom. The zero-order valence-corrected chi connectivity index (χ0v) is 17.3. The Kier molecular flexibility index (Phi) is 4.59. The summed E-state index contributed by atoms with van der Waals surface area (Å²) < 4.78 is 6.27. The van der Waals surface area contributed by atoms with E-state index >= 15 is 0 Å². The van der Waals surface area contributed by atoms with Crippen molar-refractivity contribution in [2.45, 2.75) is 19.5 Å². The van der Waals surface area contributed by atoms with Gasteiger partial charge in [-0.15, -0.1) is 0 Å². The average Bonchev–Trinajstić information content (AvgIpc) is 3.14. The fourth-order valence-corrected chi connectivity index (χ4v) is 5.77. The van der Waals surface area contributed by atoms with Crippen LogP contribution >= 0.6 is 0 Å². The molecule has 0 aliphatic carbocycles. The van der Waals surface area contributed by atoms with Gasteiger partial charge in [0.15, 0.2) is 0 Å². The van der Waals surface area contributed by atoms with Crippen LogP contribution in [0.1, 0.15) is 17.5 Å². The van der Waals surface area contributed by atoms with E-state index in [4.69, 9.17) is 4.42 Å². The number of piperidine rings is 2. The second-order valence-corrected chi connectivity index (χ2v) is 9.23. The Bertz CT molecular complexity index is 1150. The molecule has 2 saturated heterocycles. The van der Waals surface area contributed by atoms with Gasteiger partial charge in [0.1, 0.15) is 11.2 Å². The molecule has 0 amide bonds. The molecule has 3 heterocycles. The van der Waals surface area contributed by atoms with Gasteiger partial charge in [-0.2, -0.15) is 0 Å². The molecule has 30 heavy (non-hydrogen) atoms. The summed E-state index contributed by atoms with van der Waals surface area (Å²) in [6.45, 7) is 6.90. The van der Waals surface area contributed by atoms with Gasteiger partial charge in [0.2, 0.25) is 0 Å². The van der Waals surface area contributed by atoms with E-state index in [1.807, 2.05) is 0 Å². The summed E-state index contributed by atoms with van der Waals surface area (Å²) in [5, 5.41) is 2.47. The van der Waals surface area contributed by atoms with E-state index in [2.05, 4.69) is 82.6 Å². The highest BCUT2D eigenvalue weighted by atomic mass is 16.3. The lowest BCUT2D eigenvalue weighted by atomic mass is 9.84. The topological polar surface area (TPSA) is 19.6 Å². The minimum Gasteiger partial charge on any atom is -0.456 e. The predicted octanol–water partition coefficient (Wildman–Crippen LogP) is 5.54. The van der Waals surface area contributed by atoms with Crippen LogP contribution in [-0.2, 0) is 13.1 Å². The van der Waals surface area contributed by atoms with Crippen molar-refractivity contribution in [3.63, 3.8) is 0 Å². The minimum atomic E-state index is 0.774. The molecule has 0 N–H and O–H groups in total. The van der Waals surface area contributed by atoms with Crippen molar-refractivity contribution in [2.24, 2.45) is 11.8 Å². The van der Waals surface area contributed by atoms with Crippen molar-refractivity contribution in [3.05, 3.63) is 83.9 Å². The Hall–Kier alpha value is -2.62. The zero-order chi connectivity index (χ0) is 19.9. The largest absolute Gasteiger partial charge is 0.456 e. The summed E-state index contributed by atoms with van der Waals surface area (Å²) in [6.07, 6.45) is 1.39. The molecule has 3 heteroatoms. The van der Waals surface area contributed by atoms with E-state index in [0.717, 1.165) is 36.1 Å². The molecular formula is C27H28N2O. The summed E-state index contributed by atoms with van der Waals surface area (Å²) in [7, 11) is 0. The van der Waals surface area contributed by atoms with E-state index in [-0.39, 0.29) is 0 Å². The molecule has 0 radical (unpaired) electrons. The van der Waals surface area contributed by atoms with Crippen LogP contribution in [0.25, 0.3) is 21.9 Å². The van der Waals surface area contributed by atoms with E-state index in [0.29, 0.717) is 0 Å². The van der Waals surface area contributed by atoms with Crippen LogP contribution in [0.15, 0.2) is 77.2 Å². The second-order valence-electron chi connectivity index (χ2n) is 9.23. The molecule has 2 unspecified atom stereocenters. The first-order chi connectivity index (χ1) is 14.8. The third-order valence-electron chi connectivity index (χ3n) is 6.86. The van der Waals surface area contributed by atoms with Gasteiger partial charge in [-0.1, -0.05) is 66.7 Å². The fourth-order valence-electron chi connectivity index (χ4n) is 5.77. The third-order valence-corrected chi connectivity index (χ3v) is 6.86. The first-order valence-electron chi connectivity index (χ1n) is 11.2.